The molecule has 0 aliphatic carbocycles. The highest BCUT2D eigenvalue weighted by molar-refractivity contribution is 5.90. The first kappa shape index (κ1) is 10.1. The average molecular weight is 210 g/mol. The number of nitrogens with zero attached hydrogens (tertiary/aromatic N) is 3. The number of aromatic nitrogens is 2. The summed E-state index contributed by atoms with van der Waals surface area (Å²) in [5.41, 5.74) is 0. The first-order valence-corrected chi connectivity index (χ1v) is 5.00. The zero-order valence-electron chi connectivity index (χ0n) is 8.86. The SMILES string of the molecule is Cc1nc(C(=O)N2CCN[C@@H](C)C2)no1. The molecule has 1 fully saturated rings. The smallest absolute Gasteiger partial charge is 0.295 e. The number of carbonyl (C=O) groups is 1. The summed E-state index contributed by atoms with van der Waals surface area (Å²) in [5, 5.41) is 6.88. The summed E-state index contributed by atoms with van der Waals surface area (Å²) in [5.74, 6) is 0.420. The molecule has 1 atom stereocenters. The molecule has 0 saturated carbocycles. The molecule has 1 aliphatic rings. The molecular formula is C9H14N4O2. The maximum Gasteiger partial charge on any atom is 0.295 e. The zero-order valence-corrected chi connectivity index (χ0v) is 8.86. The van der Waals surface area contributed by atoms with Crippen LogP contribution in [0, 0.1) is 6.92 Å². The van der Waals surface area contributed by atoms with Gasteiger partial charge in [-0.15, -0.1) is 0 Å². The van der Waals surface area contributed by atoms with Gasteiger partial charge in [-0.1, -0.05) is 5.16 Å². The van der Waals surface area contributed by atoms with Gasteiger partial charge in [0.1, 0.15) is 0 Å². The number of carbonyl (C=O) groups excluding carboxylic acids is 1. The van der Waals surface area contributed by atoms with Crippen LogP contribution in [0.25, 0.3) is 0 Å². The summed E-state index contributed by atoms with van der Waals surface area (Å²) < 4.78 is 4.78. The molecule has 1 saturated heterocycles. The topological polar surface area (TPSA) is 71.3 Å². The van der Waals surface area contributed by atoms with Crippen LogP contribution in [-0.2, 0) is 0 Å². The summed E-state index contributed by atoms with van der Waals surface area (Å²) >= 11 is 0. The number of aryl methyl sites for hydroxylation is 1. The fourth-order valence-electron chi connectivity index (χ4n) is 1.64. The van der Waals surface area contributed by atoms with Crippen molar-refractivity contribution in [2.24, 2.45) is 0 Å². The van der Waals surface area contributed by atoms with Crippen molar-refractivity contribution in [3.05, 3.63) is 11.7 Å². The van der Waals surface area contributed by atoms with Crippen molar-refractivity contribution in [2.45, 2.75) is 19.9 Å². The average Bonchev–Trinajstić information content (AvgIpc) is 2.64. The van der Waals surface area contributed by atoms with Gasteiger partial charge in [-0.25, -0.2) is 0 Å². The lowest BCUT2D eigenvalue weighted by Gasteiger charge is -2.30. The second-order valence-corrected chi connectivity index (χ2v) is 3.74. The van der Waals surface area contributed by atoms with Crippen molar-refractivity contribution in [1.29, 1.82) is 0 Å². The number of hydrogen-bond acceptors (Lipinski definition) is 5. The van der Waals surface area contributed by atoms with Crippen LogP contribution < -0.4 is 5.32 Å². The Hall–Kier alpha value is -1.43. The first-order chi connectivity index (χ1) is 7.16. The van der Waals surface area contributed by atoms with Crippen molar-refractivity contribution in [2.75, 3.05) is 19.6 Å². The maximum atomic E-state index is 11.9. The van der Waals surface area contributed by atoms with E-state index in [4.69, 9.17) is 4.52 Å². The Morgan fingerprint density at radius 2 is 2.47 bits per heavy atom. The minimum atomic E-state index is -0.153. The van der Waals surface area contributed by atoms with Gasteiger partial charge < -0.3 is 14.7 Å². The van der Waals surface area contributed by atoms with E-state index in [-0.39, 0.29) is 11.7 Å². The van der Waals surface area contributed by atoms with Gasteiger partial charge in [0, 0.05) is 32.6 Å². The lowest BCUT2D eigenvalue weighted by Crippen LogP contribution is -2.51. The Kier molecular flexibility index (Phi) is 2.68. The van der Waals surface area contributed by atoms with Gasteiger partial charge in [-0.2, -0.15) is 4.98 Å². The molecule has 0 aromatic carbocycles. The summed E-state index contributed by atoms with van der Waals surface area (Å²) in [6, 6.07) is 0.315. The van der Waals surface area contributed by atoms with E-state index < -0.39 is 0 Å². The lowest BCUT2D eigenvalue weighted by atomic mass is 10.2. The number of hydrogen-bond donors (Lipinski definition) is 1. The lowest BCUT2D eigenvalue weighted by molar-refractivity contribution is 0.0693. The standard InChI is InChI=1S/C9H14N4O2/c1-6-5-13(4-3-10-6)9(14)8-11-7(2)15-12-8/h6,10H,3-5H2,1-2H3/t6-/m0/s1. The Balaban J connectivity index is 2.07. The third-order valence-electron chi connectivity index (χ3n) is 2.37. The molecule has 2 rings (SSSR count). The predicted molar refractivity (Wildman–Crippen MR) is 52.4 cm³/mol. The molecule has 0 unspecified atom stereocenters. The van der Waals surface area contributed by atoms with Crippen LogP contribution in [0.1, 0.15) is 23.4 Å². The van der Waals surface area contributed by atoms with Crippen molar-refractivity contribution in [1.82, 2.24) is 20.4 Å². The molecule has 0 radical (unpaired) electrons. The van der Waals surface area contributed by atoms with Gasteiger partial charge in [0.15, 0.2) is 0 Å². The van der Waals surface area contributed by atoms with Crippen molar-refractivity contribution < 1.29 is 9.32 Å². The van der Waals surface area contributed by atoms with E-state index in [1.54, 1.807) is 11.8 Å². The molecule has 0 bridgehead atoms. The monoisotopic (exact) mass is 210 g/mol. The Labute approximate surface area is 87.6 Å². The van der Waals surface area contributed by atoms with E-state index in [2.05, 4.69) is 15.5 Å². The number of rotatable bonds is 1. The second-order valence-electron chi connectivity index (χ2n) is 3.74. The van der Waals surface area contributed by atoms with Gasteiger partial charge in [0.05, 0.1) is 0 Å². The number of nitrogens with one attached hydrogen (secondary N) is 1. The highest BCUT2D eigenvalue weighted by Gasteiger charge is 2.24. The van der Waals surface area contributed by atoms with Gasteiger partial charge in [-0.3, -0.25) is 4.79 Å². The molecule has 15 heavy (non-hydrogen) atoms. The van der Waals surface area contributed by atoms with Gasteiger partial charge in [-0.05, 0) is 6.92 Å². The molecule has 1 aliphatic heterocycles. The minimum absolute atomic E-state index is 0.153. The van der Waals surface area contributed by atoms with Crippen LogP contribution in [0.5, 0.6) is 0 Å². The Bertz CT molecular complexity index is 363. The molecule has 1 amide bonds. The quantitative estimate of drug-likeness (QED) is 0.695. The van der Waals surface area contributed by atoms with Crippen molar-refractivity contribution in [3.63, 3.8) is 0 Å². The van der Waals surface area contributed by atoms with Gasteiger partial charge >= 0.3 is 0 Å². The fraction of sp³-hybridized carbons (Fsp3) is 0.667. The van der Waals surface area contributed by atoms with E-state index in [0.717, 1.165) is 6.54 Å². The third-order valence-corrected chi connectivity index (χ3v) is 2.37. The van der Waals surface area contributed by atoms with Crippen LogP contribution in [0.4, 0.5) is 0 Å². The van der Waals surface area contributed by atoms with E-state index in [1.807, 2.05) is 6.92 Å². The number of amides is 1. The van der Waals surface area contributed by atoms with E-state index >= 15 is 0 Å². The summed E-state index contributed by atoms with van der Waals surface area (Å²) in [6.45, 7) is 5.90. The summed E-state index contributed by atoms with van der Waals surface area (Å²) in [6.07, 6.45) is 0. The Morgan fingerprint density at radius 1 is 1.67 bits per heavy atom. The van der Waals surface area contributed by atoms with Crippen LogP contribution in [-0.4, -0.2) is 46.6 Å². The van der Waals surface area contributed by atoms with E-state index in [1.165, 1.54) is 0 Å². The van der Waals surface area contributed by atoms with E-state index in [9.17, 15) is 4.79 Å². The fourth-order valence-corrected chi connectivity index (χ4v) is 1.64. The predicted octanol–water partition coefficient (Wildman–Crippen LogP) is -0.188. The normalized spacial score (nSPS) is 21.7. The summed E-state index contributed by atoms with van der Waals surface area (Å²) in [4.78, 5) is 17.5. The highest BCUT2D eigenvalue weighted by Crippen LogP contribution is 2.05. The number of piperazine rings is 1. The summed E-state index contributed by atoms with van der Waals surface area (Å²) in [7, 11) is 0. The highest BCUT2D eigenvalue weighted by atomic mass is 16.5. The molecule has 1 N–H and O–H groups in total. The third kappa shape index (κ3) is 2.15. The van der Waals surface area contributed by atoms with Gasteiger partial charge in [0.2, 0.25) is 5.89 Å². The largest absolute Gasteiger partial charge is 0.339 e. The first-order valence-electron chi connectivity index (χ1n) is 5.00. The zero-order chi connectivity index (χ0) is 10.8. The van der Waals surface area contributed by atoms with Crippen LogP contribution in [0.2, 0.25) is 0 Å². The molecule has 6 heteroatoms. The van der Waals surface area contributed by atoms with Crippen LogP contribution in [0.15, 0.2) is 4.52 Å². The van der Waals surface area contributed by atoms with Gasteiger partial charge in [0.25, 0.3) is 11.7 Å². The molecule has 1 aromatic heterocycles. The van der Waals surface area contributed by atoms with E-state index in [0.29, 0.717) is 25.0 Å². The molecule has 82 valence electrons. The van der Waals surface area contributed by atoms with Crippen molar-refractivity contribution >= 4 is 5.91 Å². The van der Waals surface area contributed by atoms with Crippen LogP contribution >= 0.6 is 0 Å². The molecule has 6 nitrogen and oxygen atoms in total. The van der Waals surface area contributed by atoms with Crippen LogP contribution in [0.3, 0.4) is 0 Å². The molecule has 2 heterocycles. The Morgan fingerprint density at radius 3 is 3.07 bits per heavy atom. The maximum absolute atomic E-state index is 11.9. The molecule has 1 aromatic rings. The van der Waals surface area contributed by atoms with Crippen molar-refractivity contribution in [3.8, 4) is 0 Å². The molecular weight excluding hydrogens is 196 g/mol. The second kappa shape index (κ2) is 3.98. The minimum Gasteiger partial charge on any atom is -0.339 e. The molecule has 0 spiro atoms.